The first-order valence-electron chi connectivity index (χ1n) is 7.24. The SMILES string of the molecule is CC(C)(C)c1nc(C(=O)N2CCC(CC(=O)O)CC2)cs1. The molecule has 0 atom stereocenters. The normalized spacial score (nSPS) is 17.0. The fraction of sp³-hybridized carbons (Fsp3) is 0.667. The summed E-state index contributed by atoms with van der Waals surface area (Å²) in [4.78, 5) is 29.4. The molecule has 21 heavy (non-hydrogen) atoms. The lowest BCUT2D eigenvalue weighted by atomic mass is 9.93. The average Bonchev–Trinajstić information content (AvgIpc) is 2.87. The number of amides is 1. The molecule has 1 aliphatic heterocycles. The predicted octanol–water partition coefficient (Wildman–Crippen LogP) is 2.77. The number of carbonyl (C=O) groups is 2. The minimum Gasteiger partial charge on any atom is -0.481 e. The number of aliphatic carboxylic acids is 1. The second-order valence-electron chi connectivity index (χ2n) is 6.62. The minimum atomic E-state index is -0.755. The summed E-state index contributed by atoms with van der Waals surface area (Å²) < 4.78 is 0. The van der Waals surface area contributed by atoms with Gasteiger partial charge in [-0.15, -0.1) is 11.3 Å². The van der Waals surface area contributed by atoms with E-state index in [9.17, 15) is 9.59 Å². The van der Waals surface area contributed by atoms with Gasteiger partial charge in [0.15, 0.2) is 0 Å². The number of hydrogen-bond donors (Lipinski definition) is 1. The Labute approximate surface area is 129 Å². The maximum Gasteiger partial charge on any atom is 0.303 e. The molecule has 0 saturated carbocycles. The van der Waals surface area contributed by atoms with Crippen LogP contribution in [-0.2, 0) is 10.2 Å². The summed E-state index contributed by atoms with van der Waals surface area (Å²) in [5.41, 5.74) is 0.471. The quantitative estimate of drug-likeness (QED) is 0.932. The van der Waals surface area contributed by atoms with E-state index in [1.807, 2.05) is 5.38 Å². The maximum absolute atomic E-state index is 12.4. The summed E-state index contributed by atoms with van der Waals surface area (Å²) in [6, 6.07) is 0. The summed E-state index contributed by atoms with van der Waals surface area (Å²) in [5, 5.41) is 11.6. The third-order valence-electron chi connectivity index (χ3n) is 3.73. The average molecular weight is 310 g/mol. The fourth-order valence-corrected chi connectivity index (χ4v) is 3.35. The molecule has 0 spiro atoms. The van der Waals surface area contributed by atoms with E-state index in [2.05, 4.69) is 25.8 Å². The number of thiazole rings is 1. The molecule has 0 bridgehead atoms. The van der Waals surface area contributed by atoms with Crippen molar-refractivity contribution in [3.05, 3.63) is 16.1 Å². The number of piperidine rings is 1. The molecule has 0 aliphatic carbocycles. The molecule has 1 saturated heterocycles. The van der Waals surface area contributed by atoms with Crippen molar-refractivity contribution in [3.63, 3.8) is 0 Å². The molecule has 5 nitrogen and oxygen atoms in total. The lowest BCUT2D eigenvalue weighted by Crippen LogP contribution is -2.39. The van der Waals surface area contributed by atoms with Gasteiger partial charge in [-0.1, -0.05) is 20.8 Å². The summed E-state index contributed by atoms with van der Waals surface area (Å²) in [7, 11) is 0. The Kier molecular flexibility index (Phi) is 4.66. The van der Waals surface area contributed by atoms with E-state index in [1.165, 1.54) is 11.3 Å². The van der Waals surface area contributed by atoms with Gasteiger partial charge >= 0.3 is 5.97 Å². The highest BCUT2D eigenvalue weighted by Crippen LogP contribution is 2.27. The highest BCUT2D eigenvalue weighted by molar-refractivity contribution is 7.10. The minimum absolute atomic E-state index is 0.0319. The summed E-state index contributed by atoms with van der Waals surface area (Å²) in [6.45, 7) is 7.49. The van der Waals surface area contributed by atoms with E-state index in [4.69, 9.17) is 5.11 Å². The molecule has 116 valence electrons. The van der Waals surface area contributed by atoms with Crippen LogP contribution < -0.4 is 0 Å². The van der Waals surface area contributed by atoms with Gasteiger partial charge in [-0.05, 0) is 18.8 Å². The monoisotopic (exact) mass is 310 g/mol. The Morgan fingerprint density at radius 3 is 2.48 bits per heavy atom. The number of carboxylic acids is 1. The molecule has 2 rings (SSSR count). The number of rotatable bonds is 3. The van der Waals surface area contributed by atoms with Crippen LogP contribution in [0.5, 0.6) is 0 Å². The summed E-state index contributed by atoms with van der Waals surface area (Å²) in [5.74, 6) is -0.600. The number of carbonyl (C=O) groups excluding carboxylic acids is 1. The van der Waals surface area contributed by atoms with Crippen LogP contribution in [0, 0.1) is 5.92 Å². The van der Waals surface area contributed by atoms with Crippen LogP contribution in [-0.4, -0.2) is 40.0 Å². The molecule has 1 aromatic heterocycles. The van der Waals surface area contributed by atoms with Crippen LogP contribution in [0.1, 0.15) is 55.5 Å². The molecule has 1 amide bonds. The lowest BCUT2D eigenvalue weighted by molar-refractivity contribution is -0.138. The first-order chi connectivity index (χ1) is 9.77. The van der Waals surface area contributed by atoms with Crippen LogP contribution in [0.15, 0.2) is 5.38 Å². The molecular weight excluding hydrogens is 288 g/mol. The van der Waals surface area contributed by atoms with Gasteiger partial charge in [0.2, 0.25) is 0 Å². The van der Waals surface area contributed by atoms with Crippen molar-refractivity contribution in [2.24, 2.45) is 5.92 Å². The Hall–Kier alpha value is -1.43. The molecule has 6 heteroatoms. The van der Waals surface area contributed by atoms with Gasteiger partial charge < -0.3 is 10.0 Å². The zero-order valence-corrected chi connectivity index (χ0v) is 13.6. The molecule has 0 radical (unpaired) electrons. The zero-order valence-electron chi connectivity index (χ0n) is 12.8. The second-order valence-corrected chi connectivity index (χ2v) is 7.48. The first kappa shape index (κ1) is 15.9. The zero-order chi connectivity index (χ0) is 15.6. The molecule has 1 N–H and O–H groups in total. The van der Waals surface area contributed by atoms with Crippen LogP contribution >= 0.6 is 11.3 Å². The van der Waals surface area contributed by atoms with Crippen molar-refractivity contribution in [2.45, 2.75) is 45.4 Å². The van der Waals surface area contributed by atoms with Gasteiger partial charge in [-0.3, -0.25) is 9.59 Å². The maximum atomic E-state index is 12.4. The Bertz CT molecular complexity index is 525. The number of hydrogen-bond acceptors (Lipinski definition) is 4. The number of likely N-dealkylation sites (tertiary alicyclic amines) is 1. The third kappa shape index (κ3) is 4.03. The van der Waals surface area contributed by atoms with Crippen molar-refractivity contribution < 1.29 is 14.7 Å². The lowest BCUT2D eigenvalue weighted by Gasteiger charge is -2.30. The van der Waals surface area contributed by atoms with Crippen molar-refractivity contribution in [1.29, 1.82) is 0 Å². The number of aromatic nitrogens is 1. The molecule has 0 unspecified atom stereocenters. The topological polar surface area (TPSA) is 70.5 Å². The van der Waals surface area contributed by atoms with Crippen molar-refractivity contribution in [3.8, 4) is 0 Å². The van der Waals surface area contributed by atoms with Crippen LogP contribution in [0.2, 0.25) is 0 Å². The second kappa shape index (κ2) is 6.13. The smallest absolute Gasteiger partial charge is 0.303 e. The highest BCUT2D eigenvalue weighted by Gasteiger charge is 2.27. The van der Waals surface area contributed by atoms with Gasteiger partial charge in [-0.25, -0.2) is 4.98 Å². The third-order valence-corrected chi connectivity index (χ3v) is 5.00. The van der Waals surface area contributed by atoms with E-state index in [0.717, 1.165) is 17.8 Å². The van der Waals surface area contributed by atoms with E-state index in [0.29, 0.717) is 18.8 Å². The summed E-state index contributed by atoms with van der Waals surface area (Å²) >= 11 is 1.52. The van der Waals surface area contributed by atoms with E-state index < -0.39 is 5.97 Å². The fourth-order valence-electron chi connectivity index (χ4n) is 2.47. The first-order valence-corrected chi connectivity index (χ1v) is 8.12. The van der Waals surface area contributed by atoms with E-state index in [-0.39, 0.29) is 23.7 Å². The Morgan fingerprint density at radius 2 is 2.00 bits per heavy atom. The summed E-state index contributed by atoms with van der Waals surface area (Å²) in [6.07, 6.45) is 1.72. The van der Waals surface area contributed by atoms with Crippen molar-refractivity contribution >= 4 is 23.2 Å². The van der Waals surface area contributed by atoms with Crippen LogP contribution in [0.3, 0.4) is 0 Å². The molecule has 1 aliphatic rings. The molecule has 0 aromatic carbocycles. The van der Waals surface area contributed by atoms with Crippen molar-refractivity contribution in [1.82, 2.24) is 9.88 Å². The number of carboxylic acid groups (broad SMARTS) is 1. The number of nitrogens with zero attached hydrogens (tertiary/aromatic N) is 2. The standard InChI is InChI=1S/C15H22N2O3S/c1-15(2,3)14-16-11(9-21-14)13(20)17-6-4-10(5-7-17)8-12(18)19/h9-10H,4-8H2,1-3H3,(H,18,19). The van der Waals surface area contributed by atoms with Crippen molar-refractivity contribution in [2.75, 3.05) is 13.1 Å². The molecule has 1 fully saturated rings. The van der Waals surface area contributed by atoms with E-state index >= 15 is 0 Å². The Morgan fingerprint density at radius 1 is 1.38 bits per heavy atom. The van der Waals surface area contributed by atoms with Gasteiger partial charge in [0, 0.05) is 30.3 Å². The molecular formula is C15H22N2O3S. The molecule has 2 heterocycles. The molecule has 1 aromatic rings. The van der Waals surface area contributed by atoms with Gasteiger partial charge in [-0.2, -0.15) is 0 Å². The van der Waals surface area contributed by atoms with Crippen LogP contribution in [0.25, 0.3) is 0 Å². The van der Waals surface area contributed by atoms with Gasteiger partial charge in [0.1, 0.15) is 5.69 Å². The highest BCUT2D eigenvalue weighted by atomic mass is 32.1. The van der Waals surface area contributed by atoms with Gasteiger partial charge in [0.05, 0.1) is 5.01 Å². The predicted molar refractivity (Wildman–Crippen MR) is 81.7 cm³/mol. The van der Waals surface area contributed by atoms with Gasteiger partial charge in [0.25, 0.3) is 5.91 Å². The Balaban J connectivity index is 1.96. The largest absolute Gasteiger partial charge is 0.481 e. The van der Waals surface area contributed by atoms with Crippen LogP contribution in [0.4, 0.5) is 0 Å². The van der Waals surface area contributed by atoms with E-state index in [1.54, 1.807) is 4.90 Å².